The van der Waals surface area contributed by atoms with Crippen LogP contribution in [0.3, 0.4) is 0 Å². The summed E-state index contributed by atoms with van der Waals surface area (Å²) in [6.07, 6.45) is 1.69. The van der Waals surface area contributed by atoms with E-state index >= 15 is 0 Å². The van der Waals surface area contributed by atoms with Crippen LogP contribution in [0.2, 0.25) is 0 Å². The molecule has 0 bridgehead atoms. The van der Waals surface area contributed by atoms with Gasteiger partial charge in [0.1, 0.15) is 0 Å². The molecule has 1 aliphatic rings. The third kappa shape index (κ3) is 1.22. The molecule has 1 aromatic heterocycles. The molecule has 0 amide bonds. The van der Waals surface area contributed by atoms with Gasteiger partial charge in [-0.3, -0.25) is 0 Å². The lowest BCUT2D eigenvalue weighted by molar-refractivity contribution is 1.34. The van der Waals surface area contributed by atoms with Crippen molar-refractivity contribution in [2.45, 2.75) is 0 Å². The molecular weight excluding hydrogens is 180 g/mol. The molecule has 0 radical (unpaired) electrons. The predicted octanol–water partition coefficient (Wildman–Crippen LogP) is 1.64. The number of amidine groups is 1. The van der Waals surface area contributed by atoms with Crippen LogP contribution < -0.4 is 0 Å². The van der Waals surface area contributed by atoms with E-state index in [-0.39, 0.29) is 5.11 Å². The van der Waals surface area contributed by atoms with Crippen molar-refractivity contribution in [1.29, 1.82) is 0 Å². The third-order valence-electron chi connectivity index (χ3n) is 1.06. The predicted molar refractivity (Wildman–Crippen MR) is 46.1 cm³/mol. The Bertz CT molecular complexity index is 337. The molecule has 2 heterocycles. The largest absolute Gasteiger partial charge is 0.242 e. The smallest absolute Gasteiger partial charge is 0.241 e. The fourth-order valence-corrected chi connectivity index (χ4v) is 1.34. The van der Waals surface area contributed by atoms with E-state index in [4.69, 9.17) is 12.2 Å². The van der Waals surface area contributed by atoms with Crippen LogP contribution in [0.15, 0.2) is 26.8 Å². The highest BCUT2D eigenvalue weighted by molar-refractivity contribution is 7.80. The highest BCUT2D eigenvalue weighted by atomic mass is 32.1. The van der Waals surface area contributed by atoms with Crippen LogP contribution in [-0.2, 0) is 0 Å². The lowest BCUT2D eigenvalue weighted by Gasteiger charge is -1.82. The van der Waals surface area contributed by atoms with E-state index in [0.717, 1.165) is 5.01 Å². The van der Waals surface area contributed by atoms with Crippen LogP contribution in [0.4, 0.5) is 0 Å². The fourth-order valence-electron chi connectivity index (χ4n) is 0.650. The van der Waals surface area contributed by atoms with E-state index in [0.29, 0.717) is 5.84 Å². The molecule has 54 valence electrons. The molecule has 0 saturated heterocycles. The minimum absolute atomic E-state index is 0.273. The van der Waals surface area contributed by atoms with Crippen LogP contribution >= 0.6 is 23.6 Å². The Morgan fingerprint density at radius 2 is 2.27 bits per heavy atom. The summed E-state index contributed by atoms with van der Waals surface area (Å²) >= 11 is 6.17. The van der Waals surface area contributed by atoms with Gasteiger partial charge in [0, 0.05) is 11.6 Å². The molecule has 0 spiro atoms. The SMILES string of the molecule is S=C1N=NC(c2nccs2)=N1. The average molecular weight is 182 g/mol. The number of hydrogen-bond acceptors (Lipinski definition) is 4. The Hall–Kier alpha value is -1.01. The maximum Gasteiger partial charge on any atom is 0.242 e. The highest BCUT2D eigenvalue weighted by Gasteiger charge is 2.11. The maximum absolute atomic E-state index is 4.70. The highest BCUT2D eigenvalue weighted by Crippen LogP contribution is 2.11. The van der Waals surface area contributed by atoms with Crippen molar-refractivity contribution in [3.63, 3.8) is 0 Å². The summed E-state index contributed by atoms with van der Waals surface area (Å²) in [7, 11) is 0. The summed E-state index contributed by atoms with van der Waals surface area (Å²) < 4.78 is 0. The molecule has 1 aromatic rings. The summed E-state index contributed by atoms with van der Waals surface area (Å²) in [4.78, 5) is 7.90. The van der Waals surface area contributed by atoms with E-state index in [1.807, 2.05) is 5.38 Å². The molecule has 11 heavy (non-hydrogen) atoms. The average Bonchev–Trinajstić information content (AvgIpc) is 2.55. The molecule has 0 N–H and O–H groups in total. The fraction of sp³-hybridized carbons (Fsp3) is 0. The Kier molecular flexibility index (Phi) is 1.55. The minimum atomic E-state index is 0.273. The van der Waals surface area contributed by atoms with Gasteiger partial charge in [0.2, 0.25) is 10.9 Å². The molecule has 0 aliphatic carbocycles. The Morgan fingerprint density at radius 3 is 2.82 bits per heavy atom. The van der Waals surface area contributed by atoms with E-state index in [9.17, 15) is 0 Å². The normalized spacial score (nSPS) is 15.6. The van der Waals surface area contributed by atoms with Gasteiger partial charge in [-0.05, 0) is 12.2 Å². The lowest BCUT2D eigenvalue weighted by atomic mass is 10.6. The van der Waals surface area contributed by atoms with Crippen LogP contribution in [0.25, 0.3) is 0 Å². The van der Waals surface area contributed by atoms with E-state index in [1.165, 1.54) is 11.3 Å². The molecule has 0 atom stereocenters. The first-order valence-corrected chi connectivity index (χ1v) is 4.09. The Balaban J connectivity index is 2.40. The number of aromatic nitrogens is 1. The second-order valence-electron chi connectivity index (χ2n) is 1.76. The summed E-state index contributed by atoms with van der Waals surface area (Å²) in [5.41, 5.74) is 0. The zero-order chi connectivity index (χ0) is 7.68. The quantitative estimate of drug-likeness (QED) is 0.620. The second kappa shape index (κ2) is 2.55. The number of aliphatic imine (C=N–C) groups is 1. The van der Waals surface area contributed by atoms with Gasteiger partial charge in [-0.2, -0.15) is 4.99 Å². The van der Waals surface area contributed by atoms with Gasteiger partial charge < -0.3 is 0 Å². The van der Waals surface area contributed by atoms with Gasteiger partial charge in [-0.25, -0.2) is 4.98 Å². The molecule has 4 nitrogen and oxygen atoms in total. The van der Waals surface area contributed by atoms with Gasteiger partial charge in [0.05, 0.1) is 0 Å². The number of thiazole rings is 1. The summed E-state index contributed by atoms with van der Waals surface area (Å²) in [6.45, 7) is 0. The Morgan fingerprint density at radius 1 is 1.36 bits per heavy atom. The van der Waals surface area contributed by atoms with Gasteiger partial charge in [0.15, 0.2) is 5.01 Å². The molecule has 0 unspecified atom stereocenters. The third-order valence-corrected chi connectivity index (χ3v) is 2.00. The van der Waals surface area contributed by atoms with Gasteiger partial charge in [0.25, 0.3) is 0 Å². The minimum Gasteiger partial charge on any atom is -0.241 e. The van der Waals surface area contributed by atoms with Crippen LogP contribution in [0, 0.1) is 0 Å². The van der Waals surface area contributed by atoms with Crippen molar-refractivity contribution < 1.29 is 0 Å². The van der Waals surface area contributed by atoms with Crippen LogP contribution in [0.1, 0.15) is 5.01 Å². The number of azo groups is 1. The number of hydrogen-bond donors (Lipinski definition) is 0. The van der Waals surface area contributed by atoms with E-state index in [1.54, 1.807) is 6.20 Å². The van der Waals surface area contributed by atoms with Crippen LogP contribution in [-0.4, -0.2) is 15.9 Å². The van der Waals surface area contributed by atoms with Crippen molar-refractivity contribution in [2.75, 3.05) is 0 Å². The monoisotopic (exact) mass is 182 g/mol. The number of thiocarbonyl (C=S) groups is 1. The number of rotatable bonds is 1. The van der Waals surface area contributed by atoms with Gasteiger partial charge in [-0.15, -0.1) is 21.6 Å². The molecule has 2 rings (SSSR count). The molecule has 6 heteroatoms. The van der Waals surface area contributed by atoms with Gasteiger partial charge in [-0.1, -0.05) is 0 Å². The topological polar surface area (TPSA) is 50.0 Å². The molecule has 0 saturated carbocycles. The standard InChI is InChI=1S/C5H2N4S2/c10-5-7-3(8-9-5)4-6-1-2-11-4/h1-2H. The lowest BCUT2D eigenvalue weighted by Crippen LogP contribution is -1.91. The summed E-state index contributed by atoms with van der Waals surface area (Å²) in [5.74, 6) is 0.519. The van der Waals surface area contributed by atoms with Gasteiger partial charge >= 0.3 is 0 Å². The zero-order valence-electron chi connectivity index (χ0n) is 5.26. The van der Waals surface area contributed by atoms with Crippen molar-refractivity contribution in [3.05, 3.63) is 16.6 Å². The summed E-state index contributed by atoms with van der Waals surface area (Å²) in [6, 6.07) is 0. The molecule has 1 aliphatic heterocycles. The molecule has 0 aromatic carbocycles. The van der Waals surface area contributed by atoms with Crippen molar-refractivity contribution >= 4 is 34.5 Å². The molecule has 0 fully saturated rings. The van der Waals surface area contributed by atoms with Crippen LogP contribution in [0.5, 0.6) is 0 Å². The first-order chi connectivity index (χ1) is 5.36. The zero-order valence-corrected chi connectivity index (χ0v) is 6.89. The first-order valence-electron chi connectivity index (χ1n) is 2.80. The second-order valence-corrected chi connectivity index (χ2v) is 3.01. The van der Waals surface area contributed by atoms with Crippen molar-refractivity contribution in [3.8, 4) is 0 Å². The van der Waals surface area contributed by atoms with Crippen molar-refractivity contribution in [1.82, 2.24) is 4.98 Å². The molecular formula is C5H2N4S2. The Labute approximate surface area is 71.7 Å². The number of nitrogens with zero attached hydrogens (tertiary/aromatic N) is 4. The van der Waals surface area contributed by atoms with E-state index < -0.39 is 0 Å². The van der Waals surface area contributed by atoms with Crippen molar-refractivity contribution in [2.24, 2.45) is 15.2 Å². The summed E-state index contributed by atoms with van der Waals surface area (Å²) in [5, 5.41) is 10.2. The maximum atomic E-state index is 4.70. The first kappa shape index (κ1) is 6.68. The van der Waals surface area contributed by atoms with E-state index in [2.05, 4.69) is 20.2 Å².